The summed E-state index contributed by atoms with van der Waals surface area (Å²) in [6.45, 7) is 3.72. The predicted molar refractivity (Wildman–Crippen MR) is 95.2 cm³/mol. The SMILES string of the molecule is CCCCCCCCC=CCCOCC=C=CCCCCl. The van der Waals surface area contributed by atoms with Gasteiger partial charge in [0.2, 0.25) is 0 Å². The quantitative estimate of drug-likeness (QED) is 0.146. The van der Waals surface area contributed by atoms with Gasteiger partial charge in [-0.15, -0.1) is 17.3 Å². The van der Waals surface area contributed by atoms with Crippen LogP contribution in [-0.4, -0.2) is 19.1 Å². The third kappa shape index (κ3) is 19.5. The minimum absolute atomic E-state index is 0.655. The lowest BCUT2D eigenvalue weighted by Gasteiger charge is -1.98. The molecule has 0 N–H and O–H groups in total. The summed E-state index contributed by atoms with van der Waals surface area (Å²) < 4.78 is 5.50. The molecule has 2 heteroatoms. The van der Waals surface area contributed by atoms with Crippen molar-refractivity contribution in [2.24, 2.45) is 0 Å². The van der Waals surface area contributed by atoms with Gasteiger partial charge < -0.3 is 4.74 Å². The van der Waals surface area contributed by atoms with Crippen LogP contribution in [0, 0.1) is 0 Å². The highest BCUT2D eigenvalue weighted by atomic mass is 35.5. The van der Waals surface area contributed by atoms with E-state index >= 15 is 0 Å². The van der Waals surface area contributed by atoms with E-state index in [4.69, 9.17) is 16.3 Å². The summed E-state index contributed by atoms with van der Waals surface area (Å²) in [5.74, 6) is 0.722. The Balaban J connectivity index is 3.20. The fourth-order valence-electron chi connectivity index (χ4n) is 1.97. The van der Waals surface area contributed by atoms with Crippen molar-refractivity contribution < 1.29 is 4.74 Å². The van der Waals surface area contributed by atoms with Crippen molar-refractivity contribution >= 4 is 11.6 Å². The first-order chi connectivity index (χ1) is 10.4. The molecule has 0 heterocycles. The minimum Gasteiger partial charge on any atom is -0.376 e. The monoisotopic (exact) mass is 312 g/mol. The highest BCUT2D eigenvalue weighted by Crippen LogP contribution is 2.07. The zero-order valence-corrected chi connectivity index (χ0v) is 14.5. The number of rotatable bonds is 15. The van der Waals surface area contributed by atoms with Crippen LogP contribution in [0.1, 0.15) is 71.1 Å². The lowest BCUT2D eigenvalue weighted by molar-refractivity contribution is 0.167. The second-order valence-electron chi connectivity index (χ2n) is 5.30. The lowest BCUT2D eigenvalue weighted by atomic mass is 10.1. The molecule has 0 bridgehead atoms. The molecule has 0 spiro atoms. The summed E-state index contributed by atoms with van der Waals surface area (Å²) in [5.41, 5.74) is 3.11. The zero-order chi connectivity index (χ0) is 15.4. The van der Waals surface area contributed by atoms with E-state index in [1.807, 2.05) is 12.2 Å². The van der Waals surface area contributed by atoms with E-state index < -0.39 is 0 Å². The molecule has 122 valence electrons. The van der Waals surface area contributed by atoms with Crippen LogP contribution in [0.2, 0.25) is 0 Å². The first-order valence-electron chi connectivity index (χ1n) is 8.60. The molecule has 21 heavy (non-hydrogen) atoms. The molecular weight excluding hydrogens is 280 g/mol. The van der Waals surface area contributed by atoms with Crippen LogP contribution < -0.4 is 0 Å². The maximum absolute atomic E-state index is 5.58. The number of allylic oxidation sites excluding steroid dienone is 1. The molecule has 0 radical (unpaired) electrons. The van der Waals surface area contributed by atoms with Gasteiger partial charge in [-0.2, -0.15) is 0 Å². The highest BCUT2D eigenvalue weighted by molar-refractivity contribution is 6.17. The highest BCUT2D eigenvalue weighted by Gasteiger charge is 1.88. The van der Waals surface area contributed by atoms with E-state index in [2.05, 4.69) is 24.8 Å². The fraction of sp³-hybridized carbons (Fsp3) is 0.737. The number of halogens is 1. The van der Waals surface area contributed by atoms with Crippen molar-refractivity contribution in [2.75, 3.05) is 19.1 Å². The van der Waals surface area contributed by atoms with E-state index in [0.717, 1.165) is 31.7 Å². The molecule has 0 saturated carbocycles. The first-order valence-corrected chi connectivity index (χ1v) is 9.13. The van der Waals surface area contributed by atoms with Crippen molar-refractivity contribution in [1.82, 2.24) is 0 Å². The summed E-state index contributed by atoms with van der Waals surface area (Å²) in [7, 11) is 0. The second kappa shape index (κ2) is 19.5. The normalized spacial score (nSPS) is 10.8. The van der Waals surface area contributed by atoms with Crippen molar-refractivity contribution in [1.29, 1.82) is 0 Å². The molecular formula is C19H33ClO. The third-order valence-corrected chi connectivity index (χ3v) is 3.51. The van der Waals surface area contributed by atoms with Gasteiger partial charge in [0.05, 0.1) is 13.2 Å². The van der Waals surface area contributed by atoms with Gasteiger partial charge in [0.25, 0.3) is 0 Å². The number of unbranched alkanes of at least 4 members (excludes halogenated alkanes) is 7. The molecule has 0 aliphatic carbocycles. The molecule has 0 aromatic carbocycles. The van der Waals surface area contributed by atoms with Gasteiger partial charge >= 0.3 is 0 Å². The van der Waals surface area contributed by atoms with Gasteiger partial charge in [0.15, 0.2) is 0 Å². The zero-order valence-electron chi connectivity index (χ0n) is 13.8. The van der Waals surface area contributed by atoms with Gasteiger partial charge in [0, 0.05) is 5.88 Å². The molecule has 0 aliphatic heterocycles. The Kier molecular flexibility index (Phi) is 19.1. The van der Waals surface area contributed by atoms with Crippen LogP contribution in [0.15, 0.2) is 30.0 Å². The predicted octanol–water partition coefficient (Wildman–Crippen LogP) is 6.43. The third-order valence-electron chi connectivity index (χ3n) is 3.24. The molecule has 0 amide bonds. The van der Waals surface area contributed by atoms with Gasteiger partial charge in [-0.05, 0) is 44.3 Å². The molecule has 0 rings (SSSR count). The van der Waals surface area contributed by atoms with Crippen molar-refractivity contribution in [2.45, 2.75) is 71.1 Å². The average molecular weight is 313 g/mol. The molecule has 1 nitrogen and oxygen atoms in total. The first kappa shape index (κ1) is 20.5. The van der Waals surface area contributed by atoms with E-state index in [-0.39, 0.29) is 0 Å². The maximum Gasteiger partial charge on any atom is 0.0721 e. The minimum atomic E-state index is 0.655. The molecule has 0 aliphatic rings. The van der Waals surface area contributed by atoms with Crippen molar-refractivity contribution in [3.05, 3.63) is 30.0 Å². The number of hydrogen-bond donors (Lipinski definition) is 0. The van der Waals surface area contributed by atoms with Crippen LogP contribution in [0.4, 0.5) is 0 Å². The van der Waals surface area contributed by atoms with Crippen LogP contribution in [0.5, 0.6) is 0 Å². The lowest BCUT2D eigenvalue weighted by Crippen LogP contribution is -1.91. The van der Waals surface area contributed by atoms with Crippen molar-refractivity contribution in [3.63, 3.8) is 0 Å². The Hall–Kier alpha value is -0.490. The molecule has 0 atom stereocenters. The molecule has 0 aromatic heterocycles. The summed E-state index contributed by atoms with van der Waals surface area (Å²) in [4.78, 5) is 0. The van der Waals surface area contributed by atoms with Crippen LogP contribution in [0.3, 0.4) is 0 Å². The smallest absolute Gasteiger partial charge is 0.0721 e. The summed E-state index contributed by atoms with van der Waals surface area (Å²) in [5, 5.41) is 0. The topological polar surface area (TPSA) is 9.23 Å². The molecule has 0 aromatic rings. The number of ether oxygens (including phenoxy) is 1. The van der Waals surface area contributed by atoms with E-state index in [0.29, 0.717) is 6.61 Å². The summed E-state index contributed by atoms with van der Waals surface area (Å²) >= 11 is 5.58. The van der Waals surface area contributed by atoms with Crippen LogP contribution in [0.25, 0.3) is 0 Å². The van der Waals surface area contributed by atoms with E-state index in [9.17, 15) is 0 Å². The van der Waals surface area contributed by atoms with Gasteiger partial charge in [-0.1, -0.05) is 51.2 Å². The summed E-state index contributed by atoms with van der Waals surface area (Å²) in [6.07, 6.45) is 21.0. The van der Waals surface area contributed by atoms with Crippen molar-refractivity contribution in [3.8, 4) is 0 Å². The molecule has 0 unspecified atom stereocenters. The molecule has 0 fully saturated rings. The number of hydrogen-bond acceptors (Lipinski definition) is 1. The Morgan fingerprint density at radius 1 is 0.857 bits per heavy atom. The maximum atomic E-state index is 5.58. The van der Waals surface area contributed by atoms with E-state index in [1.165, 1.54) is 44.9 Å². The van der Waals surface area contributed by atoms with Crippen LogP contribution in [-0.2, 0) is 4.74 Å². The standard InChI is InChI=1S/C19H33ClO/c1-2-3-4-5-6-7-8-9-12-15-18-21-19-16-13-10-11-14-17-20/h9-10,12,16H,2-8,11,14-15,17-19H2,1H3. The Labute approximate surface area is 137 Å². The number of alkyl halides is 1. The van der Waals surface area contributed by atoms with Gasteiger partial charge in [-0.3, -0.25) is 0 Å². The summed E-state index contributed by atoms with van der Waals surface area (Å²) in [6, 6.07) is 0. The Bertz CT molecular complexity index is 277. The average Bonchev–Trinajstić information content (AvgIpc) is 2.50. The van der Waals surface area contributed by atoms with E-state index in [1.54, 1.807) is 0 Å². The second-order valence-corrected chi connectivity index (χ2v) is 5.68. The Morgan fingerprint density at radius 2 is 1.62 bits per heavy atom. The molecule has 0 saturated heterocycles. The van der Waals surface area contributed by atoms with Gasteiger partial charge in [0.1, 0.15) is 0 Å². The van der Waals surface area contributed by atoms with Crippen LogP contribution >= 0.6 is 11.6 Å². The fourth-order valence-corrected chi connectivity index (χ4v) is 2.12. The van der Waals surface area contributed by atoms with Gasteiger partial charge in [-0.25, -0.2) is 0 Å². The largest absolute Gasteiger partial charge is 0.376 e. The Morgan fingerprint density at radius 3 is 2.43 bits per heavy atom.